The number of nitrogens with zero attached hydrogens (tertiary/aromatic N) is 13. The number of sulfonamides is 2. The normalized spacial score (nSPS) is 18.1. The van der Waals surface area contributed by atoms with Gasteiger partial charge in [-0.2, -0.15) is 10.2 Å². The lowest BCUT2D eigenvalue weighted by Gasteiger charge is -2.33. The van der Waals surface area contributed by atoms with Gasteiger partial charge in [0.25, 0.3) is 17.7 Å². The summed E-state index contributed by atoms with van der Waals surface area (Å²) >= 11 is 0. The third-order valence-electron chi connectivity index (χ3n) is 26.9. The standard InChI is InChI=1S/C42H51N5O7S.C36H40N4O6S.C11H16N5O.C6H13NO2.C5H11NO.BF4/c1-26(2)55(50,51)44-41(48)28-13-15-35-37(21-28)46-23-30(19-29-20-32(53-4)14-16-34(29)40(46)38(35)27-9-6-5-7-10-27)39-36(22-43-47(39)31-11-8-12-31)42(49)45-17-18-54-33(24-45)25-52-3;1-21(2)47(44,45)38-35(41)23-12-14-29-31(18-23)39-20-25(33-30(36(42)43)19-37-40(33)26-10-7-11-26)16-24-17-27(46-3)13-15-28(24)34(39)32(29)22-8-5-4-6-9-22;1-14(2)11(15(3)4)17-16-10-8-6-5-7-9(10)12-13-16;1-8-5-6-4-7-2-3-9-6;1-6-2-4-7-5-3-6;2-1(3,4)5/h13-16,19-22,26-27,31,33H,5-12,17-18,23-25H2,1-4H3,(H,44,48);12-19,21-22,26H,4-11,20H2,1-3H3,(H,38,41)(H,42,43);5-8H,1-4H3;6-7H,2-5H2,1H3;2-5H2,1H3;/q;;+1;;;-1/t33-;;;6-;;/m1..1../s1. The van der Waals surface area contributed by atoms with Crippen molar-refractivity contribution in [3.63, 3.8) is 0 Å². The number of hydrogen-bond acceptors (Lipinski definition) is 22. The lowest BCUT2D eigenvalue weighted by Crippen LogP contribution is -2.47. The largest absolute Gasteiger partial charge is 0.673 e. The van der Waals surface area contributed by atoms with E-state index in [9.17, 15) is 58.4 Å². The monoisotopic (exact) mass is 1980 g/mol. The smallest absolute Gasteiger partial charge is 0.497 e. The van der Waals surface area contributed by atoms with Crippen LogP contribution in [0, 0.1) is 0 Å². The number of carbonyl (C=O) groups is 4. The average Bonchev–Trinajstić information content (AvgIpc) is 1.57. The number of carboxylic acids is 1. The van der Waals surface area contributed by atoms with Gasteiger partial charge in [0.05, 0.1) is 171 Å². The third-order valence-corrected chi connectivity index (χ3v) is 30.4. The minimum atomic E-state index is -6.00. The fourth-order valence-corrected chi connectivity index (χ4v) is 20.5. The molecule has 0 unspecified atom stereocenters. The maximum absolute atomic E-state index is 14.6. The lowest BCUT2D eigenvalue weighted by molar-refractivity contribution is -0.480. The number of para-hydroxylation sites is 1. The molecule has 3 amide bonds. The first kappa shape index (κ1) is 104. The number of fused-ring (bicyclic) bond motifs is 11. The Morgan fingerprint density at radius 3 is 1.49 bits per heavy atom. The number of carboxylic acid groups (broad SMARTS) is 1. The predicted octanol–water partition coefficient (Wildman–Crippen LogP) is 14.7. The van der Waals surface area contributed by atoms with Crippen molar-refractivity contribution in [3.05, 3.63) is 165 Å². The first-order chi connectivity index (χ1) is 67.1. The summed E-state index contributed by atoms with van der Waals surface area (Å²) in [5.74, 6) is -0.434. The van der Waals surface area contributed by atoms with Gasteiger partial charge in [-0.15, -0.1) is 5.10 Å². The summed E-state index contributed by atoms with van der Waals surface area (Å²) in [6, 6.07) is 31.8. The molecule has 7 fully saturated rings. The Hall–Kier alpha value is -11.4. The van der Waals surface area contributed by atoms with E-state index in [4.69, 9.17) is 43.1 Å². The van der Waals surface area contributed by atoms with Gasteiger partial charge in [-0.05, 0) is 234 Å². The Morgan fingerprint density at radius 2 is 1.06 bits per heavy atom. The van der Waals surface area contributed by atoms with Crippen LogP contribution in [0.4, 0.5) is 17.3 Å². The van der Waals surface area contributed by atoms with E-state index < -0.39 is 55.6 Å². The quantitative estimate of drug-likeness (QED) is 0.0171. The number of likely N-dealkylation sites (N-methyl/N-ethyl adjacent to an activating group) is 1. The molecule has 4 saturated carbocycles. The van der Waals surface area contributed by atoms with Crippen molar-refractivity contribution in [3.8, 4) is 34.0 Å². The zero-order valence-corrected chi connectivity index (χ0v) is 83.7. The highest BCUT2D eigenvalue weighted by Crippen LogP contribution is 2.52. The van der Waals surface area contributed by atoms with E-state index in [1.165, 1.54) is 48.9 Å². The van der Waals surface area contributed by atoms with Gasteiger partial charge >= 0.3 is 19.2 Å². The summed E-state index contributed by atoms with van der Waals surface area (Å²) in [5.41, 5.74) is 16.1. The number of hydrogen-bond donors (Lipinski definition) is 4. The number of carbonyl (C=O) groups excluding carboxylic acids is 3. The predicted molar refractivity (Wildman–Crippen MR) is 531 cm³/mol. The highest BCUT2D eigenvalue weighted by atomic mass is 32.2. The van der Waals surface area contributed by atoms with Crippen LogP contribution >= 0.6 is 0 Å². The number of nitrogens with one attached hydrogen (secondary N) is 3. The molecule has 0 bridgehead atoms. The minimum absolute atomic E-state index is 0.0909. The molecule has 2 atom stereocenters. The molecule has 10 aromatic rings. The van der Waals surface area contributed by atoms with Crippen LogP contribution in [-0.4, -0.2) is 287 Å². The molecule has 9 aliphatic rings. The van der Waals surface area contributed by atoms with Gasteiger partial charge < -0.3 is 79.8 Å². The number of methoxy groups -OCH3 is 4. The second-order valence-corrected chi connectivity index (χ2v) is 42.2. The van der Waals surface area contributed by atoms with Gasteiger partial charge in [-0.3, -0.25) is 28.6 Å². The fraction of sp³-hybridized carbons (Fsp3) is 0.510. The number of halogens is 4. The maximum atomic E-state index is 14.6. The molecule has 4 N–H and O–H groups in total. The highest BCUT2D eigenvalue weighted by molar-refractivity contribution is 7.90. The molecule has 756 valence electrons. The van der Waals surface area contributed by atoms with E-state index in [-0.39, 0.29) is 46.9 Å². The van der Waals surface area contributed by atoms with Gasteiger partial charge in [-0.1, -0.05) is 67.6 Å². The molecular formula is C100H131BF4N16O17S2. The molecule has 140 heavy (non-hydrogen) atoms. The molecule has 5 aromatic heterocycles. The number of aromatic carboxylic acids is 1. The number of allylic oxidation sites excluding steroid dienone is 2. The molecule has 5 aromatic carbocycles. The average molecular weight is 1980 g/mol. The van der Waals surface area contributed by atoms with Crippen molar-refractivity contribution in [2.75, 3.05) is 143 Å². The first-order valence-corrected chi connectivity index (χ1v) is 51.3. The van der Waals surface area contributed by atoms with E-state index >= 15 is 0 Å². The summed E-state index contributed by atoms with van der Waals surface area (Å²) in [5, 5.41) is 31.6. The summed E-state index contributed by atoms with van der Waals surface area (Å²) in [6.45, 7) is 16.1. The molecule has 10 heterocycles. The summed E-state index contributed by atoms with van der Waals surface area (Å²) < 4.78 is 143. The SMILES string of the molecule is CN(C)C(On1nnc2ccccc21)=[N+](C)C.CN1CCOCC1.COC[C@H]1CN(C(=O)c2cnn(C3CCC3)c2C2=Cc3cc(OC)ccc3-c3c(C4CCCCC4)c4ccc(C(=O)NS(=O)(=O)C(C)C)cc4n3C2)CCO1.COC[C@H]1CNCCO1.COc1ccc2c(c1)C=C(c1c(C(=O)O)cnn1C1CCC1)Cn1c-2c(C2CCCCC2)c2ccc(C(=O)NS(=O)(=O)C(C)C)cc21.F[B-](F)(F)F. The van der Waals surface area contributed by atoms with Crippen molar-refractivity contribution in [2.45, 2.75) is 190 Å². The number of amidine groups is 1. The van der Waals surface area contributed by atoms with Gasteiger partial charge in [-0.25, -0.2) is 40.5 Å². The number of amides is 3. The molecule has 4 aliphatic carbocycles. The summed E-state index contributed by atoms with van der Waals surface area (Å²) in [6.07, 6.45) is 24.6. The van der Waals surface area contributed by atoms with Crippen LogP contribution in [0.1, 0.15) is 229 Å². The van der Waals surface area contributed by atoms with Crippen LogP contribution in [0.15, 0.2) is 109 Å². The molecule has 0 radical (unpaired) electrons. The Morgan fingerprint density at radius 1 is 0.586 bits per heavy atom. The van der Waals surface area contributed by atoms with E-state index in [1.807, 2.05) is 108 Å². The van der Waals surface area contributed by atoms with E-state index in [0.717, 1.165) is 225 Å². The summed E-state index contributed by atoms with van der Waals surface area (Å²) in [7, 11) is 2.71. The third kappa shape index (κ3) is 24.7. The molecule has 3 saturated heterocycles. The summed E-state index contributed by atoms with van der Waals surface area (Å²) in [4.78, 5) is 67.2. The first-order valence-electron chi connectivity index (χ1n) is 48.2. The van der Waals surface area contributed by atoms with Gasteiger partial charge in [0.2, 0.25) is 20.0 Å². The number of rotatable bonds is 21. The Balaban J connectivity index is 0.000000163. The Labute approximate surface area is 815 Å². The van der Waals surface area contributed by atoms with Gasteiger partial charge in [0.15, 0.2) is 0 Å². The van der Waals surface area contributed by atoms with Crippen molar-refractivity contribution in [1.82, 2.24) is 73.3 Å². The van der Waals surface area contributed by atoms with E-state index in [0.29, 0.717) is 80.9 Å². The molecule has 5 aliphatic heterocycles. The van der Waals surface area contributed by atoms with Crippen molar-refractivity contribution < 1.29 is 101 Å². The Kier molecular flexibility index (Phi) is 34.8. The molecule has 0 spiro atoms. The van der Waals surface area contributed by atoms with Crippen LogP contribution in [0.5, 0.6) is 11.5 Å². The zero-order valence-electron chi connectivity index (χ0n) is 82.1. The fourth-order valence-electron chi connectivity index (χ4n) is 19.2. The second-order valence-electron chi connectivity index (χ2n) is 37.7. The van der Waals surface area contributed by atoms with Crippen LogP contribution in [0.3, 0.4) is 0 Å². The van der Waals surface area contributed by atoms with Crippen LogP contribution in [-0.2, 0) is 56.8 Å². The van der Waals surface area contributed by atoms with Crippen molar-refractivity contribution in [1.29, 1.82) is 0 Å². The topological polar surface area (TPSA) is 356 Å². The molecular weight excluding hydrogens is 1850 g/mol. The number of benzene rings is 5. The van der Waals surface area contributed by atoms with Crippen molar-refractivity contribution >= 4 is 113 Å². The van der Waals surface area contributed by atoms with Gasteiger partial charge in [0, 0.05) is 97.5 Å². The number of aromatic nitrogens is 9. The maximum Gasteiger partial charge on any atom is 0.673 e. The highest BCUT2D eigenvalue weighted by Gasteiger charge is 2.39. The molecule has 19 rings (SSSR count). The van der Waals surface area contributed by atoms with E-state index in [2.05, 4.69) is 86.3 Å². The van der Waals surface area contributed by atoms with Crippen LogP contribution in [0.25, 0.3) is 78.7 Å². The molecule has 40 heteroatoms. The molecule has 33 nitrogen and oxygen atoms in total. The zero-order chi connectivity index (χ0) is 100. The lowest BCUT2D eigenvalue weighted by atomic mass is 9.81. The van der Waals surface area contributed by atoms with Crippen molar-refractivity contribution in [2.24, 2.45) is 0 Å². The number of morpholine rings is 3. The Bertz CT molecular complexity index is 6400. The van der Waals surface area contributed by atoms with Crippen LogP contribution < -0.4 is 29.1 Å². The van der Waals surface area contributed by atoms with Gasteiger partial charge in [0.1, 0.15) is 28.1 Å². The van der Waals surface area contributed by atoms with Crippen LogP contribution in [0.2, 0.25) is 0 Å². The second kappa shape index (κ2) is 46.6. The minimum Gasteiger partial charge on any atom is -0.497 e. The number of ether oxygens (including phenoxy) is 7. The van der Waals surface area contributed by atoms with E-state index in [1.54, 1.807) is 66.7 Å².